The van der Waals surface area contributed by atoms with Crippen LogP contribution < -0.4 is 16.8 Å². The smallest absolute Gasteiger partial charge is 0.197 e. The number of aromatic nitrogens is 4. The molecule has 5 N–H and O–H groups in total. The van der Waals surface area contributed by atoms with Crippen molar-refractivity contribution in [2.24, 2.45) is 7.05 Å². The lowest BCUT2D eigenvalue weighted by Gasteiger charge is -2.06. The molecule has 7 nitrogen and oxygen atoms in total. The van der Waals surface area contributed by atoms with Gasteiger partial charge in [-0.3, -0.25) is 4.68 Å². The molecule has 0 aliphatic rings. The number of aryl methyl sites for hydroxylation is 2. The Bertz CT molecular complexity index is 573. The summed E-state index contributed by atoms with van der Waals surface area (Å²) in [5, 5.41) is 9.05. The van der Waals surface area contributed by atoms with Gasteiger partial charge in [0.25, 0.3) is 0 Å². The van der Waals surface area contributed by atoms with E-state index in [4.69, 9.17) is 11.5 Å². The maximum absolute atomic E-state index is 5.67. The molecule has 0 aliphatic heterocycles. The third kappa shape index (κ3) is 2.96. The normalized spacial score (nSPS) is 10.9. The molecule has 2 aromatic rings. The zero-order valence-electron chi connectivity index (χ0n) is 11.1. The molecule has 0 saturated carbocycles. The van der Waals surface area contributed by atoms with E-state index in [1.165, 1.54) is 17.8 Å². The van der Waals surface area contributed by atoms with Gasteiger partial charge < -0.3 is 16.8 Å². The molecule has 0 amide bonds. The Balaban J connectivity index is 2.37. The minimum atomic E-state index is 0.365. The summed E-state index contributed by atoms with van der Waals surface area (Å²) in [6.07, 6.45) is 0. The molecule has 0 fully saturated rings. The van der Waals surface area contributed by atoms with Crippen LogP contribution in [0.25, 0.3) is 0 Å². The fourth-order valence-corrected chi connectivity index (χ4v) is 2.77. The molecule has 0 atom stereocenters. The molecular formula is C11H17N7S. The first kappa shape index (κ1) is 13.6. The predicted molar refractivity (Wildman–Crippen MR) is 75.7 cm³/mol. The number of nitrogens with two attached hydrogens (primary N) is 2. The van der Waals surface area contributed by atoms with Crippen molar-refractivity contribution in [2.45, 2.75) is 23.7 Å². The monoisotopic (exact) mass is 279 g/mol. The van der Waals surface area contributed by atoms with E-state index in [1.54, 1.807) is 0 Å². The molecule has 0 saturated heterocycles. The highest BCUT2D eigenvalue weighted by atomic mass is 32.2. The van der Waals surface area contributed by atoms with Crippen molar-refractivity contribution in [3.05, 3.63) is 17.3 Å². The summed E-state index contributed by atoms with van der Waals surface area (Å²) in [6.45, 7) is 2.71. The van der Waals surface area contributed by atoms with Crippen molar-refractivity contribution in [2.75, 3.05) is 18.5 Å². The van der Waals surface area contributed by atoms with Crippen LogP contribution in [0.2, 0.25) is 0 Å². The van der Waals surface area contributed by atoms with Crippen molar-refractivity contribution in [3.63, 3.8) is 0 Å². The van der Waals surface area contributed by atoms with Gasteiger partial charge in [0.2, 0.25) is 0 Å². The van der Waals surface area contributed by atoms with Gasteiger partial charge in [-0.25, -0.2) is 9.97 Å². The molecule has 0 aliphatic carbocycles. The van der Waals surface area contributed by atoms with Gasteiger partial charge in [-0.2, -0.15) is 5.10 Å². The Morgan fingerprint density at radius 1 is 1.32 bits per heavy atom. The number of anilines is 2. The van der Waals surface area contributed by atoms with E-state index in [2.05, 4.69) is 20.4 Å². The minimum Gasteiger partial charge on any atom is -0.383 e. The van der Waals surface area contributed by atoms with Crippen LogP contribution >= 0.6 is 11.8 Å². The molecule has 2 rings (SSSR count). The average molecular weight is 279 g/mol. The summed E-state index contributed by atoms with van der Waals surface area (Å²) in [6, 6.07) is 1.53. The van der Waals surface area contributed by atoms with Gasteiger partial charge in [0, 0.05) is 25.2 Å². The summed E-state index contributed by atoms with van der Waals surface area (Å²) < 4.78 is 1.81. The maximum Gasteiger partial charge on any atom is 0.197 e. The molecule has 8 heteroatoms. The Labute approximate surface area is 115 Å². The van der Waals surface area contributed by atoms with E-state index < -0.39 is 0 Å². The number of nitrogens with one attached hydrogen (secondary N) is 1. The van der Waals surface area contributed by atoms with E-state index in [0.29, 0.717) is 16.8 Å². The second kappa shape index (κ2) is 5.45. The van der Waals surface area contributed by atoms with Gasteiger partial charge in [0.05, 0.1) is 5.69 Å². The predicted octanol–water partition coefficient (Wildman–Crippen LogP) is 0.554. The number of hydrogen-bond donors (Lipinski definition) is 3. The molecular weight excluding hydrogens is 262 g/mol. The quantitative estimate of drug-likeness (QED) is 0.701. The molecule has 19 heavy (non-hydrogen) atoms. The van der Waals surface area contributed by atoms with E-state index in [-0.39, 0.29) is 0 Å². The lowest BCUT2D eigenvalue weighted by molar-refractivity contribution is 0.682. The first-order valence-electron chi connectivity index (χ1n) is 5.76. The van der Waals surface area contributed by atoms with Gasteiger partial charge in [0.1, 0.15) is 16.7 Å². The number of rotatable bonds is 4. The highest BCUT2D eigenvalue weighted by Gasteiger charge is 2.15. The van der Waals surface area contributed by atoms with Gasteiger partial charge in [-0.05, 0) is 25.7 Å². The Morgan fingerprint density at radius 3 is 2.53 bits per heavy atom. The second-order valence-corrected chi connectivity index (χ2v) is 5.08. The van der Waals surface area contributed by atoms with Crippen molar-refractivity contribution >= 4 is 23.4 Å². The third-order valence-electron chi connectivity index (χ3n) is 2.58. The lowest BCUT2D eigenvalue weighted by Crippen LogP contribution is -2.07. The molecule has 102 valence electrons. The van der Waals surface area contributed by atoms with Crippen LogP contribution in [0.5, 0.6) is 0 Å². The second-order valence-electron chi connectivity index (χ2n) is 4.13. The number of nitrogen functional groups attached to an aromatic ring is 2. The highest BCUT2D eigenvalue weighted by Crippen LogP contribution is 2.30. The largest absolute Gasteiger partial charge is 0.383 e. The van der Waals surface area contributed by atoms with Gasteiger partial charge >= 0.3 is 0 Å². The van der Waals surface area contributed by atoms with Crippen LogP contribution in [0.3, 0.4) is 0 Å². The van der Waals surface area contributed by atoms with Crippen LogP contribution in [0, 0.1) is 6.92 Å². The average Bonchev–Trinajstić information content (AvgIpc) is 2.55. The minimum absolute atomic E-state index is 0.365. The van der Waals surface area contributed by atoms with Crippen molar-refractivity contribution in [1.29, 1.82) is 0 Å². The molecule has 2 aromatic heterocycles. The van der Waals surface area contributed by atoms with Gasteiger partial charge in [0.15, 0.2) is 5.16 Å². The van der Waals surface area contributed by atoms with E-state index in [0.717, 1.165) is 22.8 Å². The fourth-order valence-electron chi connectivity index (χ4n) is 1.78. The topological polar surface area (TPSA) is 108 Å². The van der Waals surface area contributed by atoms with Crippen molar-refractivity contribution < 1.29 is 0 Å². The molecule has 0 bridgehead atoms. The van der Waals surface area contributed by atoms with E-state index in [9.17, 15) is 0 Å². The first-order chi connectivity index (χ1) is 9.01. The Morgan fingerprint density at radius 2 is 1.95 bits per heavy atom. The van der Waals surface area contributed by atoms with Gasteiger partial charge in [-0.15, -0.1) is 0 Å². The summed E-state index contributed by atoms with van der Waals surface area (Å²) in [4.78, 5) is 8.34. The zero-order valence-corrected chi connectivity index (χ0v) is 12.0. The first-order valence-corrected chi connectivity index (χ1v) is 6.58. The molecule has 0 spiro atoms. The van der Waals surface area contributed by atoms with Crippen molar-refractivity contribution in [3.8, 4) is 0 Å². The highest BCUT2D eigenvalue weighted by molar-refractivity contribution is 7.99. The van der Waals surface area contributed by atoms with Crippen molar-refractivity contribution in [1.82, 2.24) is 25.1 Å². The molecule has 0 aromatic carbocycles. The van der Waals surface area contributed by atoms with Crippen LogP contribution in [0.4, 0.5) is 11.6 Å². The Kier molecular flexibility index (Phi) is 3.91. The summed E-state index contributed by atoms with van der Waals surface area (Å²) in [7, 11) is 3.79. The third-order valence-corrected chi connectivity index (χ3v) is 3.64. The molecule has 0 unspecified atom stereocenters. The summed E-state index contributed by atoms with van der Waals surface area (Å²) in [5.74, 6) is 0.730. The van der Waals surface area contributed by atoms with Crippen LogP contribution in [-0.2, 0) is 13.6 Å². The van der Waals surface area contributed by atoms with E-state index >= 15 is 0 Å². The summed E-state index contributed by atoms with van der Waals surface area (Å²) in [5.41, 5.74) is 13.5. The fraction of sp³-hybridized carbons (Fsp3) is 0.364. The van der Waals surface area contributed by atoms with Crippen LogP contribution in [-0.4, -0.2) is 26.8 Å². The molecule has 2 heterocycles. The van der Waals surface area contributed by atoms with Gasteiger partial charge in [-0.1, -0.05) is 0 Å². The van der Waals surface area contributed by atoms with Crippen LogP contribution in [0.1, 0.15) is 11.3 Å². The molecule has 0 radical (unpaired) electrons. The number of nitrogens with zero attached hydrogens (tertiary/aromatic N) is 4. The SMILES string of the molecule is CNCc1c(C)nn(C)c1Sc1nc(N)cc(N)n1. The standard InChI is InChI=1S/C11H17N7S/c1-6-7(5-14-2)10(18(3)17-6)19-11-15-8(12)4-9(13)16-11/h4,14H,5H2,1-3H3,(H4,12,13,15,16). The van der Waals surface area contributed by atoms with Crippen LogP contribution in [0.15, 0.2) is 16.2 Å². The lowest BCUT2D eigenvalue weighted by atomic mass is 10.3. The maximum atomic E-state index is 5.67. The number of hydrogen-bond acceptors (Lipinski definition) is 7. The zero-order chi connectivity index (χ0) is 14.0. The summed E-state index contributed by atoms with van der Waals surface area (Å²) >= 11 is 1.41. The van der Waals surface area contributed by atoms with E-state index in [1.807, 2.05) is 25.7 Å². The Hall–Kier alpha value is -1.80.